The lowest BCUT2D eigenvalue weighted by Crippen LogP contribution is -2.46. The zero-order valence-corrected chi connectivity index (χ0v) is 14.8. The lowest BCUT2D eigenvalue weighted by atomic mass is 10.1. The van der Waals surface area contributed by atoms with Crippen molar-refractivity contribution in [1.82, 2.24) is 14.5 Å². The molecule has 1 heterocycles. The van der Waals surface area contributed by atoms with Crippen LogP contribution >= 0.6 is 0 Å². The van der Waals surface area contributed by atoms with E-state index in [-0.39, 0.29) is 31.5 Å². The first kappa shape index (κ1) is 20.8. The van der Waals surface area contributed by atoms with Crippen LogP contribution in [0.25, 0.3) is 0 Å². The summed E-state index contributed by atoms with van der Waals surface area (Å²) in [5.74, 6) is -0.578. The van der Waals surface area contributed by atoms with Gasteiger partial charge in [0.05, 0.1) is 6.54 Å². The Balaban J connectivity index is 2.83. The number of hydrogen-bond donors (Lipinski definition) is 3. The molecule has 1 rings (SSSR count). The number of unbranched alkanes of at least 4 members (excludes halogenated alkanes) is 1. The normalized spacial score (nSPS) is 12.0. The molecule has 0 aliphatic carbocycles. The van der Waals surface area contributed by atoms with Crippen LogP contribution in [-0.4, -0.2) is 51.8 Å². The third-order valence-electron chi connectivity index (χ3n) is 3.74. The molecule has 0 saturated heterocycles. The molecule has 0 saturated carbocycles. The molecular formula is C16H27N5O4. The average molecular weight is 353 g/mol. The van der Waals surface area contributed by atoms with Crippen molar-refractivity contribution in [2.24, 2.45) is 11.5 Å². The van der Waals surface area contributed by atoms with E-state index in [9.17, 15) is 19.2 Å². The third-order valence-corrected chi connectivity index (χ3v) is 3.74. The van der Waals surface area contributed by atoms with E-state index in [2.05, 4.69) is 4.98 Å². The maximum atomic E-state index is 12.5. The molecular weight excluding hydrogens is 326 g/mol. The Kier molecular flexibility index (Phi) is 8.23. The second-order valence-electron chi connectivity index (χ2n) is 6.22. The van der Waals surface area contributed by atoms with Crippen molar-refractivity contribution in [3.63, 3.8) is 0 Å². The van der Waals surface area contributed by atoms with E-state index in [0.29, 0.717) is 18.5 Å². The fraction of sp³-hybridized carbons (Fsp3) is 0.625. The average Bonchev–Trinajstić information content (AvgIpc) is 2.51. The first-order valence-electron chi connectivity index (χ1n) is 8.27. The molecule has 0 bridgehead atoms. The van der Waals surface area contributed by atoms with E-state index in [1.54, 1.807) is 6.92 Å². The fourth-order valence-corrected chi connectivity index (χ4v) is 2.43. The molecule has 5 N–H and O–H groups in total. The molecule has 1 aromatic heterocycles. The predicted molar refractivity (Wildman–Crippen MR) is 94.2 cm³/mol. The van der Waals surface area contributed by atoms with Crippen LogP contribution < -0.4 is 22.7 Å². The number of rotatable bonds is 10. The Bertz CT molecular complexity index is 709. The van der Waals surface area contributed by atoms with Crippen molar-refractivity contribution in [1.29, 1.82) is 0 Å². The van der Waals surface area contributed by atoms with Gasteiger partial charge in [0.15, 0.2) is 0 Å². The highest BCUT2D eigenvalue weighted by molar-refractivity contribution is 5.84. The highest BCUT2D eigenvalue weighted by atomic mass is 16.2. The summed E-state index contributed by atoms with van der Waals surface area (Å²) in [5.41, 5.74) is 10.6. The van der Waals surface area contributed by atoms with Crippen LogP contribution in [0.1, 0.15) is 31.7 Å². The van der Waals surface area contributed by atoms with E-state index in [4.69, 9.17) is 11.5 Å². The van der Waals surface area contributed by atoms with Gasteiger partial charge in [-0.2, -0.15) is 0 Å². The third kappa shape index (κ3) is 7.02. The number of Topliss-reactive ketones (excluding diaryl/α,β-unsaturated/α-hetero) is 1. The van der Waals surface area contributed by atoms with Crippen LogP contribution in [-0.2, 0) is 16.1 Å². The van der Waals surface area contributed by atoms with E-state index >= 15 is 0 Å². The highest BCUT2D eigenvalue weighted by Gasteiger charge is 2.19. The number of nitrogens with zero attached hydrogens (tertiary/aromatic N) is 2. The van der Waals surface area contributed by atoms with Crippen molar-refractivity contribution in [3.05, 3.63) is 32.6 Å². The van der Waals surface area contributed by atoms with Gasteiger partial charge in [0.1, 0.15) is 12.3 Å². The minimum absolute atomic E-state index is 0.0689. The maximum absolute atomic E-state index is 12.5. The van der Waals surface area contributed by atoms with Crippen molar-refractivity contribution >= 4 is 11.7 Å². The smallest absolute Gasteiger partial charge is 0.328 e. The first-order chi connectivity index (χ1) is 11.7. The van der Waals surface area contributed by atoms with Gasteiger partial charge < -0.3 is 16.4 Å². The first-order valence-corrected chi connectivity index (χ1v) is 8.27. The molecule has 140 valence electrons. The van der Waals surface area contributed by atoms with Crippen LogP contribution in [0.5, 0.6) is 0 Å². The van der Waals surface area contributed by atoms with Gasteiger partial charge in [0.25, 0.3) is 5.56 Å². The minimum atomic E-state index is -0.668. The summed E-state index contributed by atoms with van der Waals surface area (Å²) in [7, 11) is 0. The quantitative estimate of drug-likeness (QED) is 0.447. The Hall–Kier alpha value is -2.26. The van der Waals surface area contributed by atoms with Crippen molar-refractivity contribution in [2.75, 3.05) is 19.6 Å². The number of ketones is 1. The van der Waals surface area contributed by atoms with Crippen molar-refractivity contribution in [2.45, 2.75) is 45.7 Å². The number of aryl methyl sites for hydroxylation is 1. The molecule has 0 spiro atoms. The standard InChI is InChI=1S/C16H27N5O4/c1-11-7-21(16(25)19-15(11)24)10-14(23)20(8-12(2)22)9-13(18)5-3-4-6-17/h7,13H,3-6,8-10,17-18H2,1-2H3,(H,19,24,25). The number of carbonyl (C=O) groups is 2. The van der Waals surface area contributed by atoms with Crippen LogP contribution in [0, 0.1) is 6.92 Å². The van der Waals surface area contributed by atoms with Gasteiger partial charge in [-0.25, -0.2) is 4.79 Å². The zero-order valence-electron chi connectivity index (χ0n) is 14.8. The van der Waals surface area contributed by atoms with Gasteiger partial charge in [0, 0.05) is 24.3 Å². The van der Waals surface area contributed by atoms with Crippen LogP contribution in [0.2, 0.25) is 0 Å². The maximum Gasteiger partial charge on any atom is 0.328 e. The molecule has 1 atom stereocenters. The molecule has 1 aromatic rings. The molecule has 0 aromatic carbocycles. The lowest BCUT2D eigenvalue weighted by Gasteiger charge is -2.25. The fourth-order valence-electron chi connectivity index (χ4n) is 2.43. The molecule has 0 aliphatic rings. The summed E-state index contributed by atoms with van der Waals surface area (Å²) in [4.78, 5) is 50.7. The second kappa shape index (κ2) is 9.90. The lowest BCUT2D eigenvalue weighted by molar-refractivity contribution is -0.135. The number of nitrogens with one attached hydrogen (secondary N) is 1. The number of aromatic amines is 1. The molecule has 0 aliphatic heterocycles. The molecule has 25 heavy (non-hydrogen) atoms. The molecule has 1 unspecified atom stereocenters. The number of amides is 1. The van der Waals surface area contributed by atoms with Crippen LogP contribution in [0.4, 0.5) is 0 Å². The number of aromatic nitrogens is 2. The zero-order chi connectivity index (χ0) is 19.0. The molecule has 0 radical (unpaired) electrons. The minimum Gasteiger partial charge on any atom is -0.332 e. The van der Waals surface area contributed by atoms with Gasteiger partial charge in [-0.15, -0.1) is 0 Å². The Morgan fingerprint density at radius 1 is 1.32 bits per heavy atom. The van der Waals surface area contributed by atoms with Gasteiger partial charge >= 0.3 is 5.69 Å². The van der Waals surface area contributed by atoms with Crippen LogP contribution in [0.15, 0.2) is 15.8 Å². The number of nitrogens with two attached hydrogens (primary N) is 2. The van der Waals surface area contributed by atoms with Gasteiger partial charge in [-0.05, 0) is 33.2 Å². The van der Waals surface area contributed by atoms with E-state index in [1.165, 1.54) is 18.0 Å². The number of H-pyrrole nitrogens is 1. The van der Waals surface area contributed by atoms with E-state index < -0.39 is 17.2 Å². The summed E-state index contributed by atoms with van der Waals surface area (Å²) in [6.45, 7) is 3.40. The van der Waals surface area contributed by atoms with Gasteiger partial charge in [0.2, 0.25) is 5.91 Å². The van der Waals surface area contributed by atoms with Crippen LogP contribution in [0.3, 0.4) is 0 Å². The predicted octanol–water partition coefficient (Wildman–Crippen LogP) is -1.28. The summed E-state index contributed by atoms with van der Waals surface area (Å²) in [5, 5.41) is 0. The van der Waals surface area contributed by atoms with Crippen molar-refractivity contribution < 1.29 is 9.59 Å². The summed E-state index contributed by atoms with van der Waals surface area (Å²) < 4.78 is 1.12. The summed E-state index contributed by atoms with van der Waals surface area (Å²) >= 11 is 0. The Morgan fingerprint density at radius 3 is 2.60 bits per heavy atom. The largest absolute Gasteiger partial charge is 0.332 e. The van der Waals surface area contributed by atoms with E-state index in [1.807, 2.05) is 0 Å². The number of carbonyl (C=O) groups excluding carboxylic acids is 2. The Morgan fingerprint density at radius 2 is 2.00 bits per heavy atom. The second-order valence-corrected chi connectivity index (χ2v) is 6.22. The summed E-state index contributed by atoms with van der Waals surface area (Å²) in [6.07, 6.45) is 3.71. The molecule has 9 nitrogen and oxygen atoms in total. The molecule has 1 amide bonds. The molecule has 0 fully saturated rings. The van der Waals surface area contributed by atoms with Crippen molar-refractivity contribution in [3.8, 4) is 0 Å². The van der Waals surface area contributed by atoms with E-state index in [0.717, 1.165) is 17.4 Å². The number of hydrogen-bond acceptors (Lipinski definition) is 6. The van der Waals surface area contributed by atoms with Gasteiger partial charge in [-0.3, -0.25) is 23.9 Å². The SMILES string of the molecule is CC(=O)CN(CC(N)CCCCN)C(=O)Cn1cc(C)c(=O)[nH]c1=O. The highest BCUT2D eigenvalue weighted by Crippen LogP contribution is 2.03. The Labute approximate surface area is 146 Å². The molecule has 9 heteroatoms. The topological polar surface area (TPSA) is 144 Å². The monoisotopic (exact) mass is 353 g/mol. The van der Waals surface area contributed by atoms with Gasteiger partial charge in [-0.1, -0.05) is 6.42 Å². The summed E-state index contributed by atoms with van der Waals surface area (Å²) in [6, 6.07) is -0.274.